The first-order chi connectivity index (χ1) is 15.4. The minimum absolute atomic E-state index is 0. The second kappa shape index (κ2) is 14.3. The zero-order chi connectivity index (χ0) is 20.9. The molecule has 1 fully saturated rings. The topological polar surface area (TPSA) is 0 Å². The minimum Gasteiger partial charge on any atom is -1.00 e. The molecular formula is C30H27Cl2PZr. The first kappa shape index (κ1) is 28.9. The normalized spacial score (nSPS) is 17.6. The summed E-state index contributed by atoms with van der Waals surface area (Å²) in [5.74, 6) is 1.62. The van der Waals surface area contributed by atoms with Crippen LogP contribution in [0.2, 0.25) is 0 Å². The van der Waals surface area contributed by atoms with Crippen LogP contribution < -0.4 is 40.7 Å². The van der Waals surface area contributed by atoms with Crippen LogP contribution in [-0.4, -0.2) is 0 Å². The maximum atomic E-state index is 2.42. The Morgan fingerprint density at radius 3 is 1.91 bits per heavy atom. The van der Waals surface area contributed by atoms with Gasteiger partial charge in [-0.2, -0.15) is 12.5 Å². The van der Waals surface area contributed by atoms with Gasteiger partial charge in [0.15, 0.2) is 0 Å². The fourth-order valence-electron chi connectivity index (χ4n) is 4.56. The molecule has 2 atom stereocenters. The molecule has 0 aliphatic heterocycles. The van der Waals surface area contributed by atoms with Crippen LogP contribution >= 0.6 is 7.92 Å². The molecule has 0 N–H and O–H groups in total. The zero-order valence-corrected chi connectivity index (χ0v) is 23.8. The molecule has 4 aromatic rings. The predicted molar refractivity (Wildman–Crippen MR) is 137 cm³/mol. The summed E-state index contributed by atoms with van der Waals surface area (Å²) in [6.45, 7) is 0. The van der Waals surface area contributed by atoms with Crippen LogP contribution in [0, 0.1) is 18.3 Å². The van der Waals surface area contributed by atoms with Crippen LogP contribution in [-0.2, 0) is 26.2 Å². The monoisotopic (exact) mass is 578 g/mol. The number of halogens is 2. The fourth-order valence-corrected chi connectivity index (χ4v) is 6.93. The van der Waals surface area contributed by atoms with Crippen LogP contribution in [0.1, 0.15) is 12.8 Å². The van der Waals surface area contributed by atoms with E-state index in [-0.39, 0.29) is 51.0 Å². The molecule has 34 heavy (non-hydrogen) atoms. The zero-order valence-electron chi connectivity index (χ0n) is 18.9. The number of hydrogen-bond donors (Lipinski definition) is 0. The number of fused-ring (bicyclic) bond motifs is 2. The van der Waals surface area contributed by atoms with Crippen molar-refractivity contribution >= 4 is 34.6 Å². The predicted octanol–water partition coefficient (Wildman–Crippen LogP) is 0.665. The average Bonchev–Trinajstić information content (AvgIpc) is 3.48. The molecule has 0 heterocycles. The van der Waals surface area contributed by atoms with E-state index < -0.39 is 7.92 Å². The summed E-state index contributed by atoms with van der Waals surface area (Å²) in [4.78, 5) is 0. The summed E-state index contributed by atoms with van der Waals surface area (Å²) >= 11 is 0. The Balaban J connectivity index is 0.000000290. The first-order valence-electron chi connectivity index (χ1n) is 11.1. The molecule has 0 nitrogen and oxygen atoms in total. The average molecular weight is 581 g/mol. The molecule has 2 aliphatic carbocycles. The Hall–Kier alpha value is -1.36. The van der Waals surface area contributed by atoms with Gasteiger partial charge in [0.1, 0.15) is 0 Å². The summed E-state index contributed by atoms with van der Waals surface area (Å²) in [6.07, 6.45) is 14.1. The van der Waals surface area contributed by atoms with Crippen molar-refractivity contribution in [2.24, 2.45) is 11.8 Å². The molecule has 0 radical (unpaired) electrons. The summed E-state index contributed by atoms with van der Waals surface area (Å²) in [7, 11) is -0.493. The molecule has 0 aromatic heterocycles. The number of allylic oxidation sites excluding steroid dienone is 4. The maximum absolute atomic E-state index is 2.42. The Morgan fingerprint density at radius 2 is 1.29 bits per heavy atom. The van der Waals surface area contributed by atoms with Crippen molar-refractivity contribution in [2.75, 3.05) is 0 Å². The van der Waals surface area contributed by atoms with E-state index in [4.69, 9.17) is 0 Å². The minimum atomic E-state index is -0.493. The van der Waals surface area contributed by atoms with E-state index in [2.05, 4.69) is 128 Å². The first-order valence-corrected chi connectivity index (χ1v) is 12.5. The van der Waals surface area contributed by atoms with Crippen LogP contribution in [0.25, 0.3) is 10.8 Å². The molecule has 2 unspecified atom stereocenters. The molecule has 1 saturated carbocycles. The third-order valence-corrected chi connectivity index (χ3v) is 8.53. The van der Waals surface area contributed by atoms with Crippen molar-refractivity contribution in [1.82, 2.24) is 0 Å². The van der Waals surface area contributed by atoms with Gasteiger partial charge in [0, 0.05) is 0 Å². The van der Waals surface area contributed by atoms with Crippen molar-refractivity contribution in [1.29, 1.82) is 0 Å². The Bertz CT molecular complexity index is 1090. The Labute approximate surface area is 236 Å². The van der Waals surface area contributed by atoms with Gasteiger partial charge in [-0.05, 0) is 24.4 Å². The van der Waals surface area contributed by atoms with Crippen molar-refractivity contribution < 1.29 is 51.0 Å². The van der Waals surface area contributed by atoms with Crippen molar-refractivity contribution in [3.8, 4) is 0 Å². The molecule has 4 heteroatoms. The van der Waals surface area contributed by atoms with Gasteiger partial charge in [0.2, 0.25) is 0 Å². The van der Waals surface area contributed by atoms with Gasteiger partial charge in [-0.1, -0.05) is 91.4 Å². The summed E-state index contributed by atoms with van der Waals surface area (Å²) in [5.41, 5.74) is 0. The maximum Gasteiger partial charge on any atom is 4.00 e. The number of rotatable bonds is 3. The molecule has 4 aromatic carbocycles. The van der Waals surface area contributed by atoms with E-state index in [9.17, 15) is 0 Å². The van der Waals surface area contributed by atoms with E-state index in [0.29, 0.717) is 0 Å². The third kappa shape index (κ3) is 6.86. The van der Waals surface area contributed by atoms with Crippen molar-refractivity contribution in [2.45, 2.75) is 12.8 Å². The number of benzene rings is 3. The molecule has 6 rings (SSSR count). The third-order valence-electron chi connectivity index (χ3n) is 6.13. The van der Waals surface area contributed by atoms with Gasteiger partial charge in [-0.3, -0.25) is 0 Å². The van der Waals surface area contributed by atoms with Gasteiger partial charge >= 0.3 is 26.2 Å². The fraction of sp³-hybridized carbons (Fsp3) is 0.133. The number of hydrogen-bond acceptors (Lipinski definition) is 0. The second-order valence-electron chi connectivity index (χ2n) is 8.17. The van der Waals surface area contributed by atoms with E-state index in [1.807, 2.05) is 0 Å². The molecular weight excluding hydrogens is 553 g/mol. The van der Waals surface area contributed by atoms with Crippen molar-refractivity contribution in [3.63, 3.8) is 0 Å². The molecule has 0 bridgehead atoms. The molecule has 0 amide bonds. The van der Waals surface area contributed by atoms with E-state index >= 15 is 0 Å². The summed E-state index contributed by atoms with van der Waals surface area (Å²) in [5, 5.41) is 6.89. The molecule has 2 aliphatic rings. The van der Waals surface area contributed by atoms with Crippen LogP contribution in [0.3, 0.4) is 0 Å². The van der Waals surface area contributed by atoms with Gasteiger partial charge < -0.3 is 31.2 Å². The molecule has 0 spiro atoms. The molecule has 0 saturated heterocycles. The SMILES string of the molecule is C1=CC2[CH-]CCC2C=C1.[Cl-].[Cl-].[Zr+4].c1ccc(P(c2ccccc2)c2cc3ccccc3[cH-]2)cc1. The van der Waals surface area contributed by atoms with Crippen LogP contribution in [0.15, 0.2) is 121 Å². The van der Waals surface area contributed by atoms with Crippen molar-refractivity contribution in [3.05, 3.63) is 128 Å². The smallest absolute Gasteiger partial charge is 1.00 e. The van der Waals surface area contributed by atoms with E-state index in [1.54, 1.807) is 0 Å². The van der Waals surface area contributed by atoms with E-state index in [1.165, 1.54) is 39.5 Å². The van der Waals surface area contributed by atoms with E-state index in [0.717, 1.165) is 11.8 Å². The van der Waals surface area contributed by atoms with Gasteiger partial charge in [0.25, 0.3) is 0 Å². The van der Waals surface area contributed by atoms with Gasteiger partial charge in [0.05, 0.1) is 0 Å². The Kier molecular flexibility index (Phi) is 12.1. The quantitative estimate of drug-likeness (QED) is 0.247. The standard InChI is InChI=1S/C21H16P.C9H11.2ClH.Zr/c1-3-11-19(12-4-1)22(20-13-5-2-6-14-20)21-15-17-9-7-8-10-18(17)16-21;1-2-5-9-7-3-6-8(9)4-1;;;/h1-16H;1-2,4-6,8-9H,3,7H2;2*1H;/q2*-1;;;+4/p-2. The Morgan fingerprint density at radius 1 is 0.706 bits per heavy atom. The van der Waals surface area contributed by atoms with Gasteiger partial charge in [-0.15, -0.1) is 52.3 Å². The molecule has 170 valence electrons. The van der Waals surface area contributed by atoms with Crippen LogP contribution in [0.5, 0.6) is 0 Å². The van der Waals surface area contributed by atoms with Gasteiger partial charge in [-0.25, -0.2) is 0 Å². The second-order valence-corrected chi connectivity index (χ2v) is 10.4. The van der Waals surface area contributed by atoms with Crippen LogP contribution in [0.4, 0.5) is 0 Å². The summed E-state index contributed by atoms with van der Waals surface area (Å²) in [6, 6.07) is 35.0. The summed E-state index contributed by atoms with van der Waals surface area (Å²) < 4.78 is 0. The largest absolute Gasteiger partial charge is 4.00 e.